The minimum Gasteiger partial charge on any atom is -0.294 e. The third-order valence-electron chi connectivity index (χ3n) is 3.60. The van der Waals surface area contributed by atoms with Gasteiger partial charge in [0.25, 0.3) is 0 Å². The maximum Gasteiger partial charge on any atom is 0.137 e. The molecular weight excluding hydrogens is 246 g/mol. The molecule has 0 saturated heterocycles. The second-order valence-corrected chi connectivity index (χ2v) is 4.94. The molecule has 0 atom stereocenters. The number of nitrogens with zero attached hydrogens (tertiary/aromatic N) is 3. The first-order valence-electron chi connectivity index (χ1n) is 6.61. The van der Waals surface area contributed by atoms with Crippen molar-refractivity contribution in [2.45, 2.75) is 6.92 Å². The van der Waals surface area contributed by atoms with E-state index in [1.165, 1.54) is 10.9 Å². The Labute approximate surface area is 116 Å². The van der Waals surface area contributed by atoms with E-state index in [1.54, 1.807) is 0 Å². The van der Waals surface area contributed by atoms with Crippen molar-refractivity contribution in [3.63, 3.8) is 0 Å². The Hall–Kier alpha value is -2.68. The monoisotopic (exact) mass is 259 g/mol. The first-order valence-corrected chi connectivity index (χ1v) is 6.61. The number of rotatable bonds is 1. The molecule has 3 aromatic heterocycles. The van der Waals surface area contributed by atoms with Crippen molar-refractivity contribution >= 4 is 21.8 Å². The summed E-state index contributed by atoms with van der Waals surface area (Å²) in [6.45, 7) is 2.11. The molecule has 4 rings (SSSR count). The molecule has 0 unspecified atom stereocenters. The van der Waals surface area contributed by atoms with Crippen molar-refractivity contribution in [3.05, 3.63) is 66.6 Å². The summed E-state index contributed by atoms with van der Waals surface area (Å²) in [5, 5.41) is 2.38. The molecule has 3 heterocycles. The van der Waals surface area contributed by atoms with Crippen LogP contribution in [0, 0.1) is 6.92 Å². The zero-order valence-electron chi connectivity index (χ0n) is 11.1. The average molecular weight is 259 g/mol. The summed E-state index contributed by atoms with van der Waals surface area (Å²) in [6, 6.07) is 14.5. The van der Waals surface area contributed by atoms with Crippen molar-refractivity contribution < 1.29 is 0 Å². The van der Waals surface area contributed by atoms with E-state index in [0.29, 0.717) is 0 Å². The van der Waals surface area contributed by atoms with E-state index in [2.05, 4.69) is 39.7 Å². The fourth-order valence-electron chi connectivity index (χ4n) is 2.71. The molecule has 0 aliphatic rings. The first-order chi connectivity index (χ1) is 9.84. The van der Waals surface area contributed by atoms with Crippen molar-refractivity contribution in [2.75, 3.05) is 0 Å². The van der Waals surface area contributed by atoms with Crippen molar-refractivity contribution in [1.82, 2.24) is 14.5 Å². The van der Waals surface area contributed by atoms with Crippen LogP contribution in [0.2, 0.25) is 0 Å². The highest BCUT2D eigenvalue weighted by Crippen LogP contribution is 2.31. The lowest BCUT2D eigenvalue weighted by molar-refractivity contribution is 1.08. The maximum atomic E-state index is 4.49. The van der Waals surface area contributed by atoms with Crippen LogP contribution >= 0.6 is 0 Å². The zero-order valence-corrected chi connectivity index (χ0v) is 11.1. The summed E-state index contributed by atoms with van der Waals surface area (Å²) >= 11 is 0. The van der Waals surface area contributed by atoms with Crippen molar-refractivity contribution in [2.24, 2.45) is 0 Å². The molecule has 0 saturated carbocycles. The molecule has 3 nitrogen and oxygen atoms in total. The summed E-state index contributed by atoms with van der Waals surface area (Å²) in [5.41, 5.74) is 3.55. The number of aromatic nitrogens is 3. The highest BCUT2D eigenvalue weighted by molar-refractivity contribution is 6.08. The fraction of sp³-hybridized carbons (Fsp3) is 0.0588. The number of aryl methyl sites for hydroxylation is 1. The van der Waals surface area contributed by atoms with E-state index >= 15 is 0 Å². The molecule has 0 N–H and O–H groups in total. The molecule has 3 heteroatoms. The molecule has 1 aromatic carbocycles. The van der Waals surface area contributed by atoms with Gasteiger partial charge in [0.15, 0.2) is 0 Å². The van der Waals surface area contributed by atoms with Crippen LogP contribution in [0.15, 0.2) is 61.1 Å². The van der Waals surface area contributed by atoms with Crippen LogP contribution in [-0.2, 0) is 0 Å². The van der Waals surface area contributed by atoms with Gasteiger partial charge in [-0.25, -0.2) is 4.98 Å². The Morgan fingerprint density at radius 2 is 1.80 bits per heavy atom. The Bertz CT molecular complexity index is 907. The minimum absolute atomic E-state index is 0.933. The second kappa shape index (κ2) is 4.17. The molecule has 4 aromatic rings. The third-order valence-corrected chi connectivity index (χ3v) is 3.60. The van der Waals surface area contributed by atoms with Gasteiger partial charge in [0.2, 0.25) is 0 Å². The van der Waals surface area contributed by atoms with E-state index in [4.69, 9.17) is 0 Å². The van der Waals surface area contributed by atoms with E-state index in [9.17, 15) is 0 Å². The minimum atomic E-state index is 0.933. The van der Waals surface area contributed by atoms with Gasteiger partial charge in [0, 0.05) is 29.4 Å². The molecule has 0 spiro atoms. The smallest absolute Gasteiger partial charge is 0.137 e. The zero-order chi connectivity index (χ0) is 13.5. The summed E-state index contributed by atoms with van der Waals surface area (Å²) < 4.78 is 2.19. The standard InChI is InChI=1S/C17H13N3/c1-12-5-6-15-13(10-12)14-11-18-9-7-16(14)20(15)17-4-2-3-8-19-17/h2-11H,1H3. The van der Waals surface area contributed by atoms with Gasteiger partial charge in [0.05, 0.1) is 11.0 Å². The summed E-state index contributed by atoms with van der Waals surface area (Å²) in [7, 11) is 0. The SMILES string of the molecule is Cc1ccc2c(c1)c1cnccc1n2-c1ccccn1. The van der Waals surface area contributed by atoms with Crippen LogP contribution in [0.4, 0.5) is 0 Å². The maximum absolute atomic E-state index is 4.49. The van der Waals surface area contributed by atoms with Crippen LogP contribution in [0.1, 0.15) is 5.56 Å². The van der Waals surface area contributed by atoms with Gasteiger partial charge in [0.1, 0.15) is 5.82 Å². The second-order valence-electron chi connectivity index (χ2n) is 4.94. The first kappa shape index (κ1) is 11.2. The lowest BCUT2D eigenvalue weighted by Crippen LogP contribution is -1.96. The Morgan fingerprint density at radius 1 is 0.900 bits per heavy atom. The van der Waals surface area contributed by atoms with Gasteiger partial charge in [-0.2, -0.15) is 0 Å². The molecule has 0 aliphatic carbocycles. The molecule has 0 radical (unpaired) electrons. The van der Waals surface area contributed by atoms with Crippen molar-refractivity contribution in [3.8, 4) is 5.82 Å². The number of hydrogen-bond acceptors (Lipinski definition) is 2. The molecule has 20 heavy (non-hydrogen) atoms. The van der Waals surface area contributed by atoms with Gasteiger partial charge >= 0.3 is 0 Å². The van der Waals surface area contributed by atoms with Gasteiger partial charge in [-0.1, -0.05) is 17.7 Å². The lowest BCUT2D eigenvalue weighted by Gasteiger charge is -2.05. The van der Waals surface area contributed by atoms with Gasteiger partial charge < -0.3 is 0 Å². The topological polar surface area (TPSA) is 30.7 Å². The van der Waals surface area contributed by atoms with Crippen molar-refractivity contribution in [1.29, 1.82) is 0 Å². The highest BCUT2D eigenvalue weighted by Gasteiger charge is 2.12. The third kappa shape index (κ3) is 1.53. The van der Waals surface area contributed by atoms with E-state index in [0.717, 1.165) is 22.2 Å². The predicted molar refractivity (Wildman–Crippen MR) is 81.1 cm³/mol. The van der Waals surface area contributed by atoms with Gasteiger partial charge in [-0.15, -0.1) is 0 Å². The number of fused-ring (bicyclic) bond motifs is 3. The number of pyridine rings is 2. The molecule has 0 amide bonds. The highest BCUT2D eigenvalue weighted by atomic mass is 15.1. The normalized spacial score (nSPS) is 11.2. The van der Waals surface area contributed by atoms with E-state index < -0.39 is 0 Å². The van der Waals surface area contributed by atoms with Gasteiger partial charge in [-0.3, -0.25) is 9.55 Å². The summed E-state index contributed by atoms with van der Waals surface area (Å²) in [6.07, 6.45) is 5.58. The molecule has 96 valence electrons. The lowest BCUT2D eigenvalue weighted by atomic mass is 10.1. The Balaban J connectivity index is 2.22. The Kier molecular flexibility index (Phi) is 2.33. The number of hydrogen-bond donors (Lipinski definition) is 0. The van der Waals surface area contributed by atoms with Crippen LogP contribution < -0.4 is 0 Å². The summed E-state index contributed by atoms with van der Waals surface area (Å²) in [5.74, 6) is 0.933. The summed E-state index contributed by atoms with van der Waals surface area (Å²) in [4.78, 5) is 8.75. The molecule has 0 bridgehead atoms. The molecular formula is C17H13N3. The van der Waals surface area contributed by atoms with E-state index in [-0.39, 0.29) is 0 Å². The largest absolute Gasteiger partial charge is 0.294 e. The molecule has 0 aliphatic heterocycles. The average Bonchev–Trinajstić information content (AvgIpc) is 2.82. The fourth-order valence-corrected chi connectivity index (χ4v) is 2.71. The van der Waals surface area contributed by atoms with Crippen LogP contribution in [0.25, 0.3) is 27.6 Å². The van der Waals surface area contributed by atoms with Gasteiger partial charge in [-0.05, 0) is 37.3 Å². The van der Waals surface area contributed by atoms with E-state index in [1.807, 2.05) is 42.9 Å². The Morgan fingerprint density at radius 3 is 2.65 bits per heavy atom. The van der Waals surface area contributed by atoms with Crippen LogP contribution in [-0.4, -0.2) is 14.5 Å². The van der Waals surface area contributed by atoms with Crippen LogP contribution in [0.3, 0.4) is 0 Å². The molecule has 0 fully saturated rings. The van der Waals surface area contributed by atoms with Crippen LogP contribution in [0.5, 0.6) is 0 Å². The number of benzene rings is 1. The quantitative estimate of drug-likeness (QED) is 0.519. The predicted octanol–water partition coefficient (Wildman–Crippen LogP) is 3.88.